The Hall–Kier alpha value is -0.120. The van der Waals surface area contributed by atoms with E-state index < -0.39 is 0 Å². The van der Waals surface area contributed by atoms with Gasteiger partial charge in [-0.15, -0.1) is 0 Å². The van der Waals surface area contributed by atoms with Crippen LogP contribution >= 0.6 is 0 Å². The van der Waals surface area contributed by atoms with Gasteiger partial charge in [0, 0.05) is 6.04 Å². The Labute approximate surface area is 107 Å². The highest BCUT2D eigenvalue weighted by Crippen LogP contribution is 2.16. The molecule has 0 spiro atoms. The highest BCUT2D eigenvalue weighted by Gasteiger charge is 2.19. The van der Waals surface area contributed by atoms with E-state index >= 15 is 0 Å². The highest BCUT2D eigenvalue weighted by atomic mass is 15.2. The molecule has 1 saturated heterocycles. The molecule has 0 saturated carbocycles. The van der Waals surface area contributed by atoms with E-state index in [0.29, 0.717) is 0 Å². The van der Waals surface area contributed by atoms with Gasteiger partial charge >= 0.3 is 0 Å². The fraction of sp³-hybridized carbons (Fsp3) is 1.00. The van der Waals surface area contributed by atoms with Crippen LogP contribution in [-0.2, 0) is 0 Å². The molecule has 3 nitrogen and oxygen atoms in total. The van der Waals surface area contributed by atoms with Crippen LogP contribution in [0.1, 0.15) is 39.0 Å². The summed E-state index contributed by atoms with van der Waals surface area (Å²) in [6, 6.07) is 0.816. The molecule has 0 aliphatic carbocycles. The van der Waals surface area contributed by atoms with Gasteiger partial charge in [0.2, 0.25) is 0 Å². The van der Waals surface area contributed by atoms with Gasteiger partial charge in [-0.25, -0.2) is 0 Å². The molecule has 0 amide bonds. The molecule has 17 heavy (non-hydrogen) atoms. The van der Waals surface area contributed by atoms with E-state index in [4.69, 9.17) is 5.73 Å². The lowest BCUT2D eigenvalue weighted by atomic mass is 10.0. The first-order valence-corrected chi connectivity index (χ1v) is 7.22. The normalized spacial score (nSPS) is 21.0. The van der Waals surface area contributed by atoms with Crippen molar-refractivity contribution in [3.8, 4) is 0 Å². The molecule has 3 heteroatoms. The Morgan fingerprint density at radius 1 is 1.29 bits per heavy atom. The fourth-order valence-corrected chi connectivity index (χ4v) is 2.74. The molecule has 1 fully saturated rings. The van der Waals surface area contributed by atoms with E-state index in [2.05, 4.69) is 30.8 Å². The molecule has 0 aromatic heterocycles. The van der Waals surface area contributed by atoms with Crippen molar-refractivity contribution in [1.29, 1.82) is 0 Å². The smallest absolute Gasteiger partial charge is 0.0117 e. The maximum absolute atomic E-state index is 5.58. The third kappa shape index (κ3) is 5.84. The van der Waals surface area contributed by atoms with Crippen molar-refractivity contribution in [2.75, 3.05) is 40.3 Å². The number of likely N-dealkylation sites (tertiary alicyclic amines) is 1. The largest absolute Gasteiger partial charge is 0.330 e. The number of nitrogens with two attached hydrogens (primary N) is 1. The third-order valence-corrected chi connectivity index (χ3v) is 4.18. The average molecular weight is 241 g/mol. The number of rotatable bonds is 7. The molecule has 1 heterocycles. The molecule has 2 N–H and O–H groups in total. The van der Waals surface area contributed by atoms with Gasteiger partial charge in [0.1, 0.15) is 0 Å². The summed E-state index contributed by atoms with van der Waals surface area (Å²) in [5, 5.41) is 0. The topological polar surface area (TPSA) is 32.5 Å². The van der Waals surface area contributed by atoms with Crippen LogP contribution in [0.25, 0.3) is 0 Å². The van der Waals surface area contributed by atoms with Gasteiger partial charge in [-0.1, -0.05) is 6.92 Å². The van der Waals surface area contributed by atoms with Crippen LogP contribution < -0.4 is 5.73 Å². The molecular weight excluding hydrogens is 210 g/mol. The minimum absolute atomic E-state index is 0.797. The molecule has 0 aromatic rings. The predicted molar refractivity (Wildman–Crippen MR) is 75.2 cm³/mol. The Morgan fingerprint density at radius 2 is 1.94 bits per heavy atom. The monoisotopic (exact) mass is 241 g/mol. The first kappa shape index (κ1) is 14.9. The lowest BCUT2D eigenvalue weighted by molar-refractivity contribution is 0.141. The lowest BCUT2D eigenvalue weighted by Gasteiger charge is -2.35. The van der Waals surface area contributed by atoms with E-state index in [1.165, 1.54) is 51.7 Å². The summed E-state index contributed by atoms with van der Waals surface area (Å²) < 4.78 is 0. The van der Waals surface area contributed by atoms with Crippen molar-refractivity contribution in [1.82, 2.24) is 9.80 Å². The van der Waals surface area contributed by atoms with Crippen LogP contribution in [0.2, 0.25) is 0 Å². The van der Waals surface area contributed by atoms with Crippen LogP contribution in [0, 0.1) is 5.92 Å². The van der Waals surface area contributed by atoms with E-state index in [1.54, 1.807) is 0 Å². The van der Waals surface area contributed by atoms with Gasteiger partial charge in [0.05, 0.1) is 0 Å². The summed E-state index contributed by atoms with van der Waals surface area (Å²) in [6.07, 6.45) is 6.51. The van der Waals surface area contributed by atoms with Gasteiger partial charge < -0.3 is 15.5 Å². The van der Waals surface area contributed by atoms with E-state index in [-0.39, 0.29) is 0 Å². The molecule has 1 atom stereocenters. The zero-order valence-electron chi connectivity index (χ0n) is 12.0. The quantitative estimate of drug-likeness (QED) is 0.737. The van der Waals surface area contributed by atoms with E-state index in [1.807, 2.05) is 0 Å². The molecule has 0 aromatic carbocycles. The summed E-state index contributed by atoms with van der Waals surface area (Å²) in [6.45, 7) is 6.94. The molecular formula is C14H31N3. The second-order valence-corrected chi connectivity index (χ2v) is 5.84. The fourth-order valence-electron chi connectivity index (χ4n) is 2.74. The van der Waals surface area contributed by atoms with Gasteiger partial charge in [-0.05, 0) is 78.3 Å². The summed E-state index contributed by atoms with van der Waals surface area (Å²) >= 11 is 0. The van der Waals surface area contributed by atoms with Crippen molar-refractivity contribution in [3.05, 3.63) is 0 Å². The van der Waals surface area contributed by atoms with Crippen molar-refractivity contribution in [2.24, 2.45) is 11.7 Å². The highest BCUT2D eigenvalue weighted by molar-refractivity contribution is 4.76. The second kappa shape index (κ2) is 8.06. The van der Waals surface area contributed by atoms with Crippen molar-refractivity contribution < 1.29 is 0 Å². The standard InChI is InChI=1S/C14H31N3/c1-13(6-9-15)5-4-10-17(3)14-7-11-16(2)12-8-14/h13-14H,4-12,15H2,1-3H3. The lowest BCUT2D eigenvalue weighted by Crippen LogP contribution is -2.42. The zero-order valence-corrected chi connectivity index (χ0v) is 12.0. The minimum atomic E-state index is 0.797. The molecule has 102 valence electrons. The van der Waals surface area contributed by atoms with Gasteiger partial charge in [0.25, 0.3) is 0 Å². The number of piperidine rings is 1. The Morgan fingerprint density at radius 3 is 2.53 bits per heavy atom. The zero-order chi connectivity index (χ0) is 12.7. The first-order valence-electron chi connectivity index (χ1n) is 7.22. The van der Waals surface area contributed by atoms with Crippen LogP contribution in [0.15, 0.2) is 0 Å². The summed E-state index contributed by atoms with van der Waals surface area (Å²) in [7, 11) is 4.52. The number of hydrogen-bond acceptors (Lipinski definition) is 3. The number of hydrogen-bond donors (Lipinski definition) is 1. The Balaban J connectivity index is 2.10. The second-order valence-electron chi connectivity index (χ2n) is 5.84. The van der Waals surface area contributed by atoms with Crippen LogP contribution in [-0.4, -0.2) is 56.1 Å². The van der Waals surface area contributed by atoms with Crippen LogP contribution in [0.5, 0.6) is 0 Å². The van der Waals surface area contributed by atoms with Gasteiger partial charge in [-0.3, -0.25) is 0 Å². The molecule has 0 radical (unpaired) electrons. The van der Waals surface area contributed by atoms with Crippen LogP contribution in [0.4, 0.5) is 0 Å². The maximum atomic E-state index is 5.58. The average Bonchev–Trinajstić information content (AvgIpc) is 2.30. The Bertz CT molecular complexity index is 188. The molecule has 1 unspecified atom stereocenters. The molecule has 0 bridgehead atoms. The SMILES string of the molecule is CC(CCN)CCCN(C)C1CCN(C)CC1. The minimum Gasteiger partial charge on any atom is -0.330 e. The summed E-state index contributed by atoms with van der Waals surface area (Å²) in [4.78, 5) is 5.01. The van der Waals surface area contributed by atoms with Crippen molar-refractivity contribution in [3.63, 3.8) is 0 Å². The Kier molecular flexibility index (Phi) is 7.09. The predicted octanol–water partition coefficient (Wildman–Crippen LogP) is 1.78. The first-order chi connectivity index (χ1) is 8.13. The van der Waals surface area contributed by atoms with Gasteiger partial charge in [0.15, 0.2) is 0 Å². The molecule has 1 aliphatic heterocycles. The van der Waals surface area contributed by atoms with Gasteiger partial charge in [-0.2, -0.15) is 0 Å². The molecule has 1 rings (SSSR count). The van der Waals surface area contributed by atoms with Crippen molar-refractivity contribution in [2.45, 2.75) is 45.1 Å². The van der Waals surface area contributed by atoms with Crippen LogP contribution in [0.3, 0.4) is 0 Å². The summed E-state index contributed by atoms with van der Waals surface area (Å²) in [5.74, 6) is 0.797. The number of nitrogens with zero attached hydrogens (tertiary/aromatic N) is 2. The van der Waals surface area contributed by atoms with Crippen molar-refractivity contribution >= 4 is 0 Å². The van der Waals surface area contributed by atoms with E-state index in [9.17, 15) is 0 Å². The maximum Gasteiger partial charge on any atom is 0.0117 e. The van der Waals surface area contributed by atoms with E-state index in [0.717, 1.165) is 18.5 Å². The third-order valence-electron chi connectivity index (χ3n) is 4.18. The summed E-state index contributed by atoms with van der Waals surface area (Å²) in [5.41, 5.74) is 5.58. The molecule has 1 aliphatic rings.